The second-order valence-electron chi connectivity index (χ2n) is 3.05. The molecule has 0 atom stereocenters. The molecular formula is C13H17N. The van der Waals surface area contributed by atoms with Gasteiger partial charge in [0.1, 0.15) is 0 Å². The molecule has 0 bridgehead atoms. The molecule has 0 aliphatic heterocycles. The molecule has 1 rings (SSSR count). The zero-order chi connectivity index (χ0) is 10.2. The first kappa shape index (κ1) is 10.6. The summed E-state index contributed by atoms with van der Waals surface area (Å²) < 4.78 is 0. The van der Waals surface area contributed by atoms with Crippen LogP contribution in [0.3, 0.4) is 0 Å². The van der Waals surface area contributed by atoms with E-state index < -0.39 is 0 Å². The van der Waals surface area contributed by atoms with Gasteiger partial charge in [0, 0.05) is 11.4 Å². The van der Waals surface area contributed by atoms with Crippen LogP contribution in [0.4, 0.5) is 5.69 Å². The summed E-state index contributed by atoms with van der Waals surface area (Å²) in [5.74, 6) is 0. The summed E-state index contributed by atoms with van der Waals surface area (Å²) in [6.07, 6.45) is 7.38. The highest BCUT2D eigenvalue weighted by molar-refractivity contribution is 5.50. The lowest BCUT2D eigenvalue weighted by Gasteiger charge is -2.05. The number of hydrogen-bond donors (Lipinski definition) is 1. The first-order valence-corrected chi connectivity index (χ1v) is 5.01. The van der Waals surface area contributed by atoms with Crippen molar-refractivity contribution in [2.24, 2.45) is 0 Å². The van der Waals surface area contributed by atoms with E-state index in [1.54, 1.807) is 0 Å². The number of anilines is 1. The SMILES string of the molecule is C/C=C(\C=C/CC)Nc1ccccc1. The molecule has 1 nitrogen and oxygen atoms in total. The van der Waals surface area contributed by atoms with Crippen molar-refractivity contribution in [2.75, 3.05) is 5.32 Å². The molecule has 0 aliphatic rings. The maximum atomic E-state index is 3.34. The van der Waals surface area contributed by atoms with Crippen molar-refractivity contribution >= 4 is 5.69 Å². The van der Waals surface area contributed by atoms with Gasteiger partial charge in [-0.25, -0.2) is 0 Å². The number of allylic oxidation sites excluding steroid dienone is 3. The Kier molecular flexibility index (Phi) is 4.56. The van der Waals surface area contributed by atoms with Crippen LogP contribution in [0, 0.1) is 0 Å². The van der Waals surface area contributed by atoms with Gasteiger partial charge in [-0.1, -0.05) is 37.3 Å². The molecule has 14 heavy (non-hydrogen) atoms. The molecule has 0 unspecified atom stereocenters. The Morgan fingerprint density at radius 2 is 2.00 bits per heavy atom. The van der Waals surface area contributed by atoms with Crippen LogP contribution in [0.2, 0.25) is 0 Å². The zero-order valence-electron chi connectivity index (χ0n) is 8.83. The highest BCUT2D eigenvalue weighted by Crippen LogP contribution is 2.09. The van der Waals surface area contributed by atoms with E-state index in [1.807, 2.05) is 25.1 Å². The van der Waals surface area contributed by atoms with E-state index >= 15 is 0 Å². The van der Waals surface area contributed by atoms with E-state index in [2.05, 4.69) is 42.6 Å². The fourth-order valence-corrected chi connectivity index (χ4v) is 1.14. The average Bonchev–Trinajstić information content (AvgIpc) is 2.25. The molecule has 1 aromatic carbocycles. The topological polar surface area (TPSA) is 12.0 Å². The predicted molar refractivity (Wildman–Crippen MR) is 63.3 cm³/mol. The van der Waals surface area contributed by atoms with Crippen LogP contribution < -0.4 is 5.32 Å². The molecule has 1 aromatic rings. The molecule has 74 valence electrons. The van der Waals surface area contributed by atoms with Gasteiger partial charge in [-0.3, -0.25) is 0 Å². The predicted octanol–water partition coefficient (Wildman–Crippen LogP) is 3.97. The molecule has 0 aromatic heterocycles. The minimum absolute atomic E-state index is 1.06. The van der Waals surface area contributed by atoms with Gasteiger partial charge in [-0.15, -0.1) is 0 Å². The summed E-state index contributed by atoms with van der Waals surface area (Å²) in [5, 5.41) is 3.34. The van der Waals surface area contributed by atoms with E-state index in [-0.39, 0.29) is 0 Å². The lowest BCUT2D eigenvalue weighted by molar-refractivity contribution is 1.22. The highest BCUT2D eigenvalue weighted by Gasteiger charge is 1.90. The van der Waals surface area contributed by atoms with Gasteiger partial charge in [0.15, 0.2) is 0 Å². The molecule has 0 heterocycles. The first-order chi connectivity index (χ1) is 6.86. The van der Waals surface area contributed by atoms with E-state index in [1.165, 1.54) is 0 Å². The second kappa shape index (κ2) is 6.03. The Labute approximate surface area is 86.2 Å². The average molecular weight is 187 g/mol. The van der Waals surface area contributed by atoms with Crippen LogP contribution in [-0.4, -0.2) is 0 Å². The van der Waals surface area contributed by atoms with Crippen LogP contribution in [0.1, 0.15) is 20.3 Å². The van der Waals surface area contributed by atoms with E-state index in [4.69, 9.17) is 0 Å². The highest BCUT2D eigenvalue weighted by atomic mass is 14.9. The number of hydrogen-bond acceptors (Lipinski definition) is 1. The maximum absolute atomic E-state index is 3.34. The smallest absolute Gasteiger partial charge is 0.0384 e. The van der Waals surface area contributed by atoms with Crippen molar-refractivity contribution in [1.82, 2.24) is 0 Å². The van der Waals surface area contributed by atoms with Gasteiger partial charge in [0.2, 0.25) is 0 Å². The first-order valence-electron chi connectivity index (χ1n) is 5.01. The second-order valence-corrected chi connectivity index (χ2v) is 3.05. The Morgan fingerprint density at radius 1 is 1.29 bits per heavy atom. The van der Waals surface area contributed by atoms with E-state index in [9.17, 15) is 0 Å². The van der Waals surface area contributed by atoms with Gasteiger partial charge in [0.25, 0.3) is 0 Å². The molecule has 0 saturated carbocycles. The number of nitrogens with one attached hydrogen (secondary N) is 1. The Hall–Kier alpha value is -1.50. The van der Waals surface area contributed by atoms with Gasteiger partial charge >= 0.3 is 0 Å². The van der Waals surface area contributed by atoms with Crippen molar-refractivity contribution in [3.05, 3.63) is 54.3 Å². The third kappa shape index (κ3) is 3.48. The lowest BCUT2D eigenvalue weighted by Crippen LogP contribution is -1.95. The van der Waals surface area contributed by atoms with Gasteiger partial charge in [-0.2, -0.15) is 0 Å². The summed E-state index contributed by atoms with van der Waals surface area (Å²) >= 11 is 0. The van der Waals surface area contributed by atoms with E-state index in [0.717, 1.165) is 17.8 Å². The summed E-state index contributed by atoms with van der Waals surface area (Å²) in [4.78, 5) is 0. The summed E-state index contributed by atoms with van der Waals surface area (Å²) in [6.45, 7) is 4.16. The molecule has 0 fully saturated rings. The van der Waals surface area contributed by atoms with Crippen molar-refractivity contribution in [1.29, 1.82) is 0 Å². The molecular weight excluding hydrogens is 170 g/mol. The van der Waals surface area contributed by atoms with E-state index in [0.29, 0.717) is 0 Å². The van der Waals surface area contributed by atoms with Crippen molar-refractivity contribution in [2.45, 2.75) is 20.3 Å². The van der Waals surface area contributed by atoms with Gasteiger partial charge < -0.3 is 5.32 Å². The standard InChI is InChI=1S/C13H17N/c1-3-5-9-12(4-2)14-13-10-7-6-8-11-13/h4-11,14H,3H2,1-2H3/b9-5-,12-4+. The molecule has 1 heteroatoms. The zero-order valence-corrected chi connectivity index (χ0v) is 8.83. The number of benzene rings is 1. The largest absolute Gasteiger partial charge is 0.356 e. The number of rotatable bonds is 4. The van der Waals surface area contributed by atoms with Crippen molar-refractivity contribution < 1.29 is 0 Å². The quantitative estimate of drug-likeness (QED) is 0.703. The van der Waals surface area contributed by atoms with Gasteiger partial charge in [0.05, 0.1) is 0 Å². The maximum Gasteiger partial charge on any atom is 0.0384 e. The van der Waals surface area contributed by atoms with Crippen LogP contribution in [0.15, 0.2) is 54.3 Å². The fraction of sp³-hybridized carbons (Fsp3) is 0.231. The Morgan fingerprint density at radius 3 is 2.57 bits per heavy atom. The lowest BCUT2D eigenvalue weighted by atomic mass is 10.3. The minimum Gasteiger partial charge on any atom is -0.356 e. The fourth-order valence-electron chi connectivity index (χ4n) is 1.14. The molecule has 0 aliphatic carbocycles. The third-order valence-corrected chi connectivity index (χ3v) is 1.91. The van der Waals surface area contributed by atoms with Crippen LogP contribution in [-0.2, 0) is 0 Å². The molecule has 0 amide bonds. The summed E-state index contributed by atoms with van der Waals surface area (Å²) in [7, 11) is 0. The number of para-hydroxylation sites is 1. The van der Waals surface area contributed by atoms with Crippen LogP contribution in [0.25, 0.3) is 0 Å². The molecule has 0 radical (unpaired) electrons. The molecule has 1 N–H and O–H groups in total. The Bertz CT molecular complexity index is 309. The van der Waals surface area contributed by atoms with Crippen molar-refractivity contribution in [3.63, 3.8) is 0 Å². The van der Waals surface area contributed by atoms with Gasteiger partial charge in [-0.05, 0) is 31.6 Å². The van der Waals surface area contributed by atoms with Crippen LogP contribution >= 0.6 is 0 Å². The summed E-state index contributed by atoms with van der Waals surface area (Å²) in [6, 6.07) is 10.2. The molecule has 0 spiro atoms. The molecule has 0 saturated heterocycles. The monoisotopic (exact) mass is 187 g/mol. The normalized spacial score (nSPS) is 12.0. The minimum atomic E-state index is 1.06. The van der Waals surface area contributed by atoms with Crippen molar-refractivity contribution in [3.8, 4) is 0 Å². The third-order valence-electron chi connectivity index (χ3n) is 1.91. The Balaban J connectivity index is 2.63. The summed E-state index contributed by atoms with van der Waals surface area (Å²) in [5.41, 5.74) is 2.26. The van der Waals surface area contributed by atoms with Crippen LogP contribution in [0.5, 0.6) is 0 Å².